The van der Waals surface area contributed by atoms with Crippen molar-refractivity contribution in [3.63, 3.8) is 0 Å². The number of nitrogens with one attached hydrogen (secondary N) is 2. The molecule has 2 aromatic carbocycles. The van der Waals surface area contributed by atoms with Gasteiger partial charge in [-0.3, -0.25) is 4.79 Å². The Morgan fingerprint density at radius 3 is 2.64 bits per heavy atom. The number of aromatic nitrogens is 1. The van der Waals surface area contributed by atoms with Crippen LogP contribution in [0.1, 0.15) is 15.4 Å². The molecule has 0 aliphatic rings. The monoisotopic (exact) mass is 395 g/mol. The van der Waals surface area contributed by atoms with Crippen molar-refractivity contribution in [1.29, 1.82) is 0 Å². The Kier molecular flexibility index (Phi) is 5.22. The zero-order chi connectivity index (χ0) is 18.0. The quantitative estimate of drug-likeness (QED) is 0.578. The highest BCUT2D eigenvalue weighted by atomic mass is 35.5. The zero-order valence-corrected chi connectivity index (χ0v) is 15.3. The van der Waals surface area contributed by atoms with Crippen LogP contribution in [0.15, 0.2) is 42.5 Å². The summed E-state index contributed by atoms with van der Waals surface area (Å²) in [5.41, 5.74) is 1.67. The summed E-state index contributed by atoms with van der Waals surface area (Å²) < 4.78 is 13.2. The summed E-state index contributed by atoms with van der Waals surface area (Å²) in [4.78, 5) is 17.2. The summed E-state index contributed by atoms with van der Waals surface area (Å²) in [5, 5.41) is 7.01. The van der Waals surface area contributed by atoms with Crippen molar-refractivity contribution in [3.8, 4) is 0 Å². The van der Waals surface area contributed by atoms with Crippen LogP contribution in [0, 0.1) is 12.7 Å². The summed E-state index contributed by atoms with van der Waals surface area (Å²) >= 11 is 13.0. The lowest BCUT2D eigenvalue weighted by molar-refractivity contribution is 0.103. The highest BCUT2D eigenvalue weighted by Gasteiger charge is 2.16. The number of thiazole rings is 1. The first-order valence-electron chi connectivity index (χ1n) is 7.19. The average molecular weight is 396 g/mol. The number of anilines is 3. The Balaban J connectivity index is 1.77. The van der Waals surface area contributed by atoms with Crippen LogP contribution in [0.5, 0.6) is 0 Å². The summed E-state index contributed by atoms with van der Waals surface area (Å²) in [6, 6.07) is 10.9. The highest BCUT2D eigenvalue weighted by Crippen LogP contribution is 2.28. The molecule has 0 saturated heterocycles. The van der Waals surface area contributed by atoms with Gasteiger partial charge in [0.2, 0.25) is 0 Å². The van der Waals surface area contributed by atoms with Gasteiger partial charge in [-0.05, 0) is 43.3 Å². The van der Waals surface area contributed by atoms with Crippen molar-refractivity contribution in [2.75, 3.05) is 10.6 Å². The summed E-state index contributed by atoms with van der Waals surface area (Å²) in [6.07, 6.45) is 0. The number of benzene rings is 2. The second-order valence-corrected chi connectivity index (χ2v) is 6.97. The smallest absolute Gasteiger partial charge is 0.267 e. The van der Waals surface area contributed by atoms with Crippen LogP contribution in [0.25, 0.3) is 0 Å². The summed E-state index contributed by atoms with van der Waals surface area (Å²) in [7, 11) is 0. The van der Waals surface area contributed by atoms with Gasteiger partial charge in [0.15, 0.2) is 5.13 Å². The SMILES string of the molecule is Cc1nc(Nc2cccc(F)c2)sc1C(=O)Nc1ccc(Cl)c(Cl)c1. The second-order valence-electron chi connectivity index (χ2n) is 5.15. The molecule has 4 nitrogen and oxygen atoms in total. The molecule has 25 heavy (non-hydrogen) atoms. The van der Waals surface area contributed by atoms with Crippen molar-refractivity contribution in [3.05, 3.63) is 68.9 Å². The van der Waals surface area contributed by atoms with Gasteiger partial charge in [-0.15, -0.1) is 0 Å². The first-order valence-corrected chi connectivity index (χ1v) is 8.76. The van der Waals surface area contributed by atoms with Crippen molar-refractivity contribution in [2.24, 2.45) is 0 Å². The van der Waals surface area contributed by atoms with Crippen LogP contribution < -0.4 is 10.6 Å². The van der Waals surface area contributed by atoms with Crippen molar-refractivity contribution >= 4 is 57.0 Å². The van der Waals surface area contributed by atoms with E-state index in [1.807, 2.05) is 0 Å². The summed E-state index contributed by atoms with van der Waals surface area (Å²) in [6.45, 7) is 1.73. The molecule has 0 unspecified atom stereocenters. The molecule has 0 fully saturated rings. The van der Waals surface area contributed by atoms with Gasteiger partial charge in [-0.25, -0.2) is 9.37 Å². The number of carbonyl (C=O) groups is 1. The van der Waals surface area contributed by atoms with Crippen LogP contribution in [0.4, 0.5) is 20.9 Å². The number of carbonyl (C=O) groups excluding carboxylic acids is 1. The highest BCUT2D eigenvalue weighted by molar-refractivity contribution is 7.17. The minimum atomic E-state index is -0.351. The molecule has 128 valence electrons. The molecule has 0 saturated carbocycles. The lowest BCUT2D eigenvalue weighted by Gasteiger charge is -2.05. The topological polar surface area (TPSA) is 54.0 Å². The molecule has 0 bridgehead atoms. The predicted molar refractivity (Wildman–Crippen MR) is 101 cm³/mol. The van der Waals surface area contributed by atoms with Crippen LogP contribution in [0.2, 0.25) is 10.0 Å². The molecule has 0 aliphatic carbocycles. The van der Waals surface area contributed by atoms with Gasteiger partial charge in [0.25, 0.3) is 5.91 Å². The molecule has 0 spiro atoms. The third-order valence-electron chi connectivity index (χ3n) is 3.26. The van der Waals surface area contributed by atoms with E-state index in [0.29, 0.717) is 37.1 Å². The lowest BCUT2D eigenvalue weighted by atomic mass is 10.3. The summed E-state index contributed by atoms with van der Waals surface area (Å²) in [5.74, 6) is -0.656. The van der Waals surface area contributed by atoms with Crippen molar-refractivity contribution in [2.45, 2.75) is 6.92 Å². The number of hydrogen-bond donors (Lipinski definition) is 2. The number of aryl methyl sites for hydroxylation is 1. The fourth-order valence-corrected chi connectivity index (χ4v) is 3.29. The maximum absolute atomic E-state index is 13.2. The lowest BCUT2D eigenvalue weighted by Crippen LogP contribution is -2.11. The van der Waals surface area contributed by atoms with Crippen LogP contribution in [0.3, 0.4) is 0 Å². The molecule has 1 aromatic heterocycles. The maximum Gasteiger partial charge on any atom is 0.267 e. The van der Waals surface area contributed by atoms with Crippen LogP contribution in [-0.2, 0) is 0 Å². The number of hydrogen-bond acceptors (Lipinski definition) is 4. The number of rotatable bonds is 4. The molecule has 1 heterocycles. The van der Waals surface area contributed by atoms with Gasteiger partial charge in [-0.1, -0.05) is 40.6 Å². The number of nitrogens with zero attached hydrogens (tertiary/aromatic N) is 1. The Labute approximate surface area is 157 Å². The molecule has 0 atom stereocenters. The van der Waals surface area contributed by atoms with Gasteiger partial charge in [-0.2, -0.15) is 0 Å². The Hall–Kier alpha value is -2.15. The number of amides is 1. The van der Waals surface area contributed by atoms with Crippen LogP contribution >= 0.6 is 34.5 Å². The molecule has 3 rings (SSSR count). The third kappa shape index (κ3) is 4.28. The fourth-order valence-electron chi connectivity index (χ4n) is 2.11. The zero-order valence-electron chi connectivity index (χ0n) is 12.9. The average Bonchev–Trinajstić information content (AvgIpc) is 2.91. The Morgan fingerprint density at radius 2 is 1.92 bits per heavy atom. The largest absolute Gasteiger partial charge is 0.331 e. The standard InChI is InChI=1S/C17H12Cl2FN3OS/c1-9-15(16(24)22-12-5-6-13(18)14(19)8-12)25-17(21-9)23-11-4-2-3-10(20)7-11/h2-8H,1H3,(H,21,23)(H,22,24). The van der Waals surface area contributed by atoms with E-state index in [-0.39, 0.29) is 11.7 Å². The maximum atomic E-state index is 13.2. The van der Waals surface area contributed by atoms with E-state index in [9.17, 15) is 9.18 Å². The molecule has 3 aromatic rings. The molecule has 2 N–H and O–H groups in total. The molecule has 8 heteroatoms. The van der Waals surface area contributed by atoms with Gasteiger partial charge in [0.05, 0.1) is 15.7 Å². The molecule has 0 aliphatic heterocycles. The molecule has 1 amide bonds. The molecular weight excluding hydrogens is 384 g/mol. The van der Waals surface area contributed by atoms with Gasteiger partial charge in [0.1, 0.15) is 10.7 Å². The van der Waals surface area contributed by atoms with Gasteiger partial charge < -0.3 is 10.6 Å². The minimum Gasteiger partial charge on any atom is -0.331 e. The molecule has 0 radical (unpaired) electrons. The van der Waals surface area contributed by atoms with Gasteiger partial charge in [0, 0.05) is 11.4 Å². The fraction of sp³-hybridized carbons (Fsp3) is 0.0588. The first-order chi connectivity index (χ1) is 11.9. The number of halogens is 3. The normalized spacial score (nSPS) is 10.6. The minimum absolute atomic E-state index is 0.305. The van der Waals surface area contributed by atoms with E-state index < -0.39 is 0 Å². The van der Waals surface area contributed by atoms with E-state index in [4.69, 9.17) is 23.2 Å². The first kappa shape index (κ1) is 17.7. The van der Waals surface area contributed by atoms with Gasteiger partial charge >= 0.3 is 0 Å². The van der Waals surface area contributed by atoms with E-state index in [1.54, 1.807) is 37.3 Å². The Morgan fingerprint density at radius 1 is 1.12 bits per heavy atom. The Bertz CT molecular complexity index is 945. The van der Waals surface area contributed by atoms with Crippen molar-refractivity contribution in [1.82, 2.24) is 4.98 Å². The van der Waals surface area contributed by atoms with Crippen molar-refractivity contribution < 1.29 is 9.18 Å². The van der Waals surface area contributed by atoms with E-state index >= 15 is 0 Å². The third-order valence-corrected chi connectivity index (χ3v) is 5.07. The predicted octanol–water partition coefficient (Wildman–Crippen LogP) is 5.89. The molecular formula is C17H12Cl2FN3OS. The second kappa shape index (κ2) is 7.39. The van der Waals surface area contributed by atoms with E-state index in [0.717, 1.165) is 0 Å². The van der Waals surface area contributed by atoms with Crippen LogP contribution in [-0.4, -0.2) is 10.9 Å². The van der Waals surface area contributed by atoms with E-state index in [2.05, 4.69) is 15.6 Å². The van der Waals surface area contributed by atoms with E-state index in [1.165, 1.54) is 23.5 Å².